The lowest BCUT2D eigenvalue weighted by Crippen LogP contribution is -2.41. The standard InChI is InChI=1S/C20H20Cl2N2O3/c21-15-3-5-17(18(22)12-15)20(26)23-13-14-7-9-24(10-8-14)19(25)6-4-16-2-1-11-27-16/h1-6,11-12,14H,7-10,13H2,(H,23,26)/b6-4+. The minimum Gasteiger partial charge on any atom is -0.465 e. The molecule has 1 aliphatic rings. The van der Waals surface area contributed by atoms with Crippen LogP contribution in [0, 0.1) is 5.92 Å². The fraction of sp³-hybridized carbons (Fsp3) is 0.300. The summed E-state index contributed by atoms with van der Waals surface area (Å²) in [5.41, 5.74) is 0.414. The average molecular weight is 407 g/mol. The van der Waals surface area contributed by atoms with E-state index in [0.29, 0.717) is 46.9 Å². The summed E-state index contributed by atoms with van der Waals surface area (Å²) in [5, 5.41) is 3.75. The molecule has 27 heavy (non-hydrogen) atoms. The average Bonchev–Trinajstić information content (AvgIpc) is 3.18. The molecule has 0 radical (unpaired) electrons. The van der Waals surface area contributed by atoms with Crippen molar-refractivity contribution in [1.29, 1.82) is 0 Å². The number of nitrogens with one attached hydrogen (secondary N) is 1. The van der Waals surface area contributed by atoms with Crippen molar-refractivity contribution in [3.63, 3.8) is 0 Å². The molecule has 1 saturated heterocycles. The number of nitrogens with zero attached hydrogens (tertiary/aromatic N) is 1. The first-order chi connectivity index (χ1) is 13.0. The number of halogens is 2. The summed E-state index contributed by atoms with van der Waals surface area (Å²) in [4.78, 5) is 26.3. The molecule has 2 aromatic rings. The Morgan fingerprint density at radius 2 is 2.00 bits per heavy atom. The second-order valence-corrected chi connectivity index (χ2v) is 7.30. The summed E-state index contributed by atoms with van der Waals surface area (Å²) in [5.74, 6) is 0.748. The summed E-state index contributed by atoms with van der Waals surface area (Å²) in [6, 6.07) is 8.39. The van der Waals surface area contributed by atoms with E-state index in [0.717, 1.165) is 12.8 Å². The fourth-order valence-electron chi connectivity index (χ4n) is 3.01. The second-order valence-electron chi connectivity index (χ2n) is 6.45. The zero-order chi connectivity index (χ0) is 19.2. The maximum atomic E-state index is 12.3. The van der Waals surface area contributed by atoms with Gasteiger partial charge in [-0.1, -0.05) is 23.2 Å². The van der Waals surface area contributed by atoms with Crippen molar-refractivity contribution in [1.82, 2.24) is 10.2 Å². The second kappa shape index (κ2) is 9.11. The molecule has 142 valence electrons. The number of likely N-dealkylation sites (tertiary alicyclic amines) is 1. The summed E-state index contributed by atoms with van der Waals surface area (Å²) in [6.45, 7) is 1.90. The highest BCUT2D eigenvalue weighted by Crippen LogP contribution is 2.21. The molecule has 2 heterocycles. The monoisotopic (exact) mass is 406 g/mol. The van der Waals surface area contributed by atoms with E-state index in [1.165, 1.54) is 6.08 Å². The Hall–Kier alpha value is -2.24. The summed E-state index contributed by atoms with van der Waals surface area (Å²) < 4.78 is 5.18. The molecule has 0 aliphatic carbocycles. The lowest BCUT2D eigenvalue weighted by Gasteiger charge is -2.31. The van der Waals surface area contributed by atoms with E-state index in [2.05, 4.69) is 5.32 Å². The lowest BCUT2D eigenvalue weighted by molar-refractivity contribution is -0.127. The number of hydrogen-bond acceptors (Lipinski definition) is 3. The first-order valence-electron chi connectivity index (χ1n) is 8.76. The van der Waals surface area contributed by atoms with Gasteiger partial charge in [-0.05, 0) is 55.2 Å². The van der Waals surface area contributed by atoms with Crippen LogP contribution in [0.1, 0.15) is 29.0 Å². The molecular formula is C20H20Cl2N2O3. The number of carbonyl (C=O) groups excluding carboxylic acids is 2. The van der Waals surface area contributed by atoms with E-state index in [1.807, 2.05) is 4.90 Å². The third-order valence-electron chi connectivity index (χ3n) is 4.59. The Kier molecular flexibility index (Phi) is 6.58. The van der Waals surface area contributed by atoms with Crippen molar-refractivity contribution in [3.05, 3.63) is 64.0 Å². The van der Waals surface area contributed by atoms with Gasteiger partial charge in [0.25, 0.3) is 5.91 Å². The topological polar surface area (TPSA) is 62.6 Å². The molecule has 1 N–H and O–H groups in total. The number of carbonyl (C=O) groups is 2. The molecule has 0 bridgehead atoms. The molecule has 0 atom stereocenters. The largest absolute Gasteiger partial charge is 0.465 e. The van der Waals surface area contributed by atoms with Crippen LogP contribution in [-0.2, 0) is 4.79 Å². The lowest BCUT2D eigenvalue weighted by atomic mass is 9.96. The molecular weight excluding hydrogens is 387 g/mol. The first-order valence-corrected chi connectivity index (χ1v) is 9.52. The molecule has 1 aromatic carbocycles. The summed E-state index contributed by atoms with van der Waals surface area (Å²) >= 11 is 11.9. The van der Waals surface area contributed by atoms with E-state index in [-0.39, 0.29) is 11.8 Å². The Balaban J connectivity index is 1.44. The third-order valence-corrected chi connectivity index (χ3v) is 5.13. The molecule has 0 saturated carbocycles. The van der Waals surface area contributed by atoms with Gasteiger partial charge in [0, 0.05) is 30.7 Å². The SMILES string of the molecule is O=C(NCC1CCN(C(=O)/C=C/c2ccco2)CC1)c1ccc(Cl)cc1Cl. The highest BCUT2D eigenvalue weighted by molar-refractivity contribution is 6.36. The number of piperidine rings is 1. The van der Waals surface area contributed by atoms with Crippen LogP contribution < -0.4 is 5.32 Å². The van der Waals surface area contributed by atoms with E-state index in [9.17, 15) is 9.59 Å². The van der Waals surface area contributed by atoms with Crippen LogP contribution in [0.5, 0.6) is 0 Å². The van der Waals surface area contributed by atoms with Gasteiger partial charge >= 0.3 is 0 Å². The molecule has 7 heteroatoms. The molecule has 1 aliphatic heterocycles. The van der Waals surface area contributed by atoms with Crippen LogP contribution in [0.3, 0.4) is 0 Å². The smallest absolute Gasteiger partial charge is 0.252 e. The minimum absolute atomic E-state index is 0.0261. The highest BCUT2D eigenvalue weighted by Gasteiger charge is 2.22. The Labute approximate surface area is 167 Å². The van der Waals surface area contributed by atoms with Crippen molar-refractivity contribution < 1.29 is 14.0 Å². The molecule has 2 amide bonds. The van der Waals surface area contributed by atoms with Crippen molar-refractivity contribution in [3.8, 4) is 0 Å². The molecule has 1 fully saturated rings. The predicted molar refractivity (Wildman–Crippen MR) is 106 cm³/mol. The summed E-state index contributed by atoms with van der Waals surface area (Å²) in [7, 11) is 0. The van der Waals surface area contributed by atoms with Gasteiger partial charge < -0.3 is 14.6 Å². The fourth-order valence-corrected chi connectivity index (χ4v) is 3.50. The molecule has 0 unspecified atom stereocenters. The Bertz CT molecular complexity index is 826. The van der Waals surface area contributed by atoms with Gasteiger partial charge in [-0.25, -0.2) is 0 Å². The molecule has 3 rings (SSSR count). The van der Waals surface area contributed by atoms with Crippen molar-refractivity contribution in [2.45, 2.75) is 12.8 Å². The van der Waals surface area contributed by atoms with E-state index in [4.69, 9.17) is 27.6 Å². The van der Waals surface area contributed by atoms with Gasteiger partial charge in [-0.3, -0.25) is 9.59 Å². The minimum atomic E-state index is -0.212. The van der Waals surface area contributed by atoms with E-state index >= 15 is 0 Å². The first kappa shape index (κ1) is 19.5. The van der Waals surface area contributed by atoms with Crippen LogP contribution in [0.2, 0.25) is 10.0 Å². The van der Waals surface area contributed by atoms with Gasteiger partial charge in [0.2, 0.25) is 5.91 Å². The maximum absolute atomic E-state index is 12.3. The number of hydrogen-bond donors (Lipinski definition) is 1. The van der Waals surface area contributed by atoms with Crippen molar-refractivity contribution in [2.24, 2.45) is 5.92 Å². The van der Waals surface area contributed by atoms with Gasteiger partial charge in [-0.15, -0.1) is 0 Å². The van der Waals surface area contributed by atoms with Crippen LogP contribution in [0.25, 0.3) is 6.08 Å². The number of rotatable bonds is 5. The molecule has 5 nitrogen and oxygen atoms in total. The quantitative estimate of drug-likeness (QED) is 0.754. The Morgan fingerprint density at radius 1 is 1.22 bits per heavy atom. The number of amides is 2. The number of furan rings is 1. The van der Waals surface area contributed by atoms with Crippen LogP contribution in [0.15, 0.2) is 47.1 Å². The number of benzene rings is 1. The Morgan fingerprint density at radius 3 is 2.67 bits per heavy atom. The third kappa shape index (κ3) is 5.37. The zero-order valence-electron chi connectivity index (χ0n) is 14.7. The van der Waals surface area contributed by atoms with Crippen molar-refractivity contribution in [2.75, 3.05) is 19.6 Å². The van der Waals surface area contributed by atoms with Gasteiger partial charge in [0.05, 0.1) is 16.8 Å². The highest BCUT2D eigenvalue weighted by atomic mass is 35.5. The summed E-state index contributed by atoms with van der Waals surface area (Å²) in [6.07, 6.45) is 6.46. The van der Waals surface area contributed by atoms with Crippen LogP contribution >= 0.6 is 23.2 Å². The van der Waals surface area contributed by atoms with Crippen LogP contribution in [-0.4, -0.2) is 36.3 Å². The molecule has 1 aromatic heterocycles. The zero-order valence-corrected chi connectivity index (χ0v) is 16.2. The van der Waals surface area contributed by atoms with Gasteiger partial charge in [-0.2, -0.15) is 0 Å². The van der Waals surface area contributed by atoms with E-state index in [1.54, 1.807) is 42.7 Å². The normalized spacial score (nSPS) is 15.3. The van der Waals surface area contributed by atoms with Crippen LogP contribution in [0.4, 0.5) is 0 Å². The van der Waals surface area contributed by atoms with Crippen molar-refractivity contribution >= 4 is 41.1 Å². The molecule has 0 spiro atoms. The predicted octanol–water partition coefficient (Wildman–Crippen LogP) is 4.27. The van der Waals surface area contributed by atoms with E-state index < -0.39 is 0 Å². The van der Waals surface area contributed by atoms with Gasteiger partial charge in [0.15, 0.2) is 0 Å². The van der Waals surface area contributed by atoms with Gasteiger partial charge in [0.1, 0.15) is 5.76 Å². The maximum Gasteiger partial charge on any atom is 0.252 e.